The summed E-state index contributed by atoms with van der Waals surface area (Å²) in [4.78, 5) is 23.6. The highest BCUT2D eigenvalue weighted by Gasteiger charge is 2.74. The molecule has 0 heterocycles. The number of nitrogens with two attached hydrogens (primary N) is 1. The van der Waals surface area contributed by atoms with E-state index in [4.69, 9.17) is 5.73 Å². The van der Waals surface area contributed by atoms with Gasteiger partial charge in [-0.15, -0.1) is 0 Å². The van der Waals surface area contributed by atoms with Gasteiger partial charge in [-0.3, -0.25) is 9.59 Å². The van der Waals surface area contributed by atoms with E-state index in [9.17, 15) is 9.59 Å². The molecule has 0 unspecified atom stereocenters. The van der Waals surface area contributed by atoms with Crippen LogP contribution in [-0.2, 0) is 9.59 Å². The normalized spacial score (nSPS) is 45.0. The molecular formula is C11H15Br2NO2. The highest BCUT2D eigenvalue weighted by Crippen LogP contribution is 2.70. The lowest BCUT2D eigenvalue weighted by atomic mass is 9.62. The second kappa shape index (κ2) is 3.31. The molecule has 16 heavy (non-hydrogen) atoms. The van der Waals surface area contributed by atoms with Gasteiger partial charge < -0.3 is 5.73 Å². The van der Waals surface area contributed by atoms with Gasteiger partial charge in [0.25, 0.3) is 0 Å². The predicted molar refractivity (Wildman–Crippen MR) is 68.6 cm³/mol. The maximum atomic E-state index is 12.4. The standard InChI is InChI=1S/C11H15Br2NO2/c1-9(2)8(16)11(13)4-3-10(9,7(11)12)5-6(14)15/h7H,3-5H2,1-2H3,(H2,14,15)/t7-,10+,11+/m1/s1. The summed E-state index contributed by atoms with van der Waals surface area (Å²) in [6.07, 6.45) is 1.91. The van der Waals surface area contributed by atoms with E-state index in [0.717, 1.165) is 12.8 Å². The number of primary amides is 1. The highest BCUT2D eigenvalue weighted by molar-refractivity contribution is 9.13. The number of Topliss-reactive ketones (excluding diaryl/α,β-unsaturated/α-hetero) is 1. The number of alkyl halides is 2. The molecule has 2 saturated carbocycles. The molecule has 5 heteroatoms. The number of rotatable bonds is 2. The van der Waals surface area contributed by atoms with Crippen molar-refractivity contribution < 1.29 is 9.59 Å². The molecule has 0 radical (unpaired) electrons. The number of hydrogen-bond donors (Lipinski definition) is 1. The van der Waals surface area contributed by atoms with Crippen LogP contribution in [0.5, 0.6) is 0 Å². The Bertz CT molecular complexity index is 382. The number of carbonyl (C=O) groups excluding carboxylic acids is 2. The molecule has 0 aromatic rings. The molecule has 0 saturated heterocycles. The highest BCUT2D eigenvalue weighted by atomic mass is 79.9. The predicted octanol–water partition coefficient (Wildman–Crippen LogP) is 2.15. The van der Waals surface area contributed by atoms with Crippen LogP contribution in [0.15, 0.2) is 0 Å². The third-order valence-corrected chi connectivity index (χ3v) is 7.99. The number of hydrogen-bond acceptors (Lipinski definition) is 2. The molecule has 1 amide bonds. The Morgan fingerprint density at radius 2 is 2.06 bits per heavy atom. The first kappa shape index (κ1) is 12.6. The molecule has 3 nitrogen and oxygen atoms in total. The van der Waals surface area contributed by atoms with Crippen molar-refractivity contribution in [1.82, 2.24) is 0 Å². The number of fused-ring (bicyclic) bond motifs is 2. The monoisotopic (exact) mass is 351 g/mol. The zero-order valence-corrected chi connectivity index (χ0v) is 12.5. The Morgan fingerprint density at radius 3 is 2.44 bits per heavy atom. The van der Waals surface area contributed by atoms with Crippen molar-refractivity contribution in [3.05, 3.63) is 0 Å². The Hall–Kier alpha value is 0.1000. The van der Waals surface area contributed by atoms with Crippen molar-refractivity contribution in [2.75, 3.05) is 0 Å². The zero-order valence-electron chi connectivity index (χ0n) is 9.35. The smallest absolute Gasteiger partial charge is 0.218 e. The Labute approximate surface area is 112 Å². The molecule has 2 aliphatic carbocycles. The molecule has 2 aliphatic rings. The lowest BCUT2D eigenvalue weighted by Crippen LogP contribution is -2.44. The maximum Gasteiger partial charge on any atom is 0.218 e. The van der Waals surface area contributed by atoms with E-state index in [1.54, 1.807) is 0 Å². The quantitative estimate of drug-likeness (QED) is 0.774. The van der Waals surface area contributed by atoms with Crippen molar-refractivity contribution in [2.45, 2.75) is 42.3 Å². The molecule has 0 aromatic carbocycles. The molecule has 0 aromatic heterocycles. The van der Waals surface area contributed by atoms with Crippen LogP contribution < -0.4 is 5.73 Å². The second-order valence-electron chi connectivity index (χ2n) is 5.48. The number of ketones is 1. The van der Waals surface area contributed by atoms with Gasteiger partial charge in [-0.1, -0.05) is 45.7 Å². The van der Waals surface area contributed by atoms with Crippen molar-refractivity contribution in [3.63, 3.8) is 0 Å². The first-order chi connectivity index (χ1) is 7.18. The van der Waals surface area contributed by atoms with Crippen molar-refractivity contribution >= 4 is 43.6 Å². The molecular weight excluding hydrogens is 338 g/mol. The fourth-order valence-electron chi connectivity index (χ4n) is 3.41. The summed E-state index contributed by atoms with van der Waals surface area (Å²) in [7, 11) is 0. The molecule has 2 rings (SSSR count). The van der Waals surface area contributed by atoms with Gasteiger partial charge in [0.1, 0.15) is 0 Å². The van der Waals surface area contributed by atoms with E-state index in [-0.39, 0.29) is 28.4 Å². The van der Waals surface area contributed by atoms with Crippen LogP contribution in [-0.4, -0.2) is 20.8 Å². The van der Waals surface area contributed by atoms with Crippen LogP contribution in [0.2, 0.25) is 0 Å². The van der Waals surface area contributed by atoms with Crippen LogP contribution in [0, 0.1) is 10.8 Å². The fraction of sp³-hybridized carbons (Fsp3) is 0.818. The van der Waals surface area contributed by atoms with E-state index in [1.807, 2.05) is 13.8 Å². The summed E-state index contributed by atoms with van der Waals surface area (Å²) in [6.45, 7) is 3.85. The number of amides is 1. The second-order valence-corrected chi connectivity index (χ2v) is 7.81. The minimum absolute atomic E-state index is 0.0116. The van der Waals surface area contributed by atoms with Crippen LogP contribution in [0.25, 0.3) is 0 Å². The van der Waals surface area contributed by atoms with E-state index >= 15 is 0 Å². The van der Waals surface area contributed by atoms with Gasteiger partial charge in [-0.25, -0.2) is 0 Å². The molecule has 3 atom stereocenters. The van der Waals surface area contributed by atoms with Gasteiger partial charge in [-0.2, -0.15) is 0 Å². The average molecular weight is 353 g/mol. The van der Waals surface area contributed by atoms with Gasteiger partial charge in [0.2, 0.25) is 5.91 Å². The third-order valence-electron chi connectivity index (χ3n) is 4.50. The van der Waals surface area contributed by atoms with Gasteiger partial charge in [0.15, 0.2) is 5.78 Å². The maximum absolute atomic E-state index is 12.4. The third kappa shape index (κ3) is 1.19. The minimum atomic E-state index is -0.508. The van der Waals surface area contributed by atoms with E-state index in [1.165, 1.54) is 0 Å². The summed E-state index contributed by atoms with van der Waals surface area (Å²) in [5, 5.41) is 0. The van der Waals surface area contributed by atoms with Gasteiger partial charge in [0.05, 0.1) is 4.32 Å². The van der Waals surface area contributed by atoms with Crippen molar-refractivity contribution in [3.8, 4) is 0 Å². The van der Waals surface area contributed by atoms with Crippen molar-refractivity contribution in [2.24, 2.45) is 16.6 Å². The average Bonchev–Trinajstić information content (AvgIpc) is 2.46. The van der Waals surface area contributed by atoms with E-state index in [0.29, 0.717) is 0 Å². The Morgan fingerprint density at radius 1 is 1.50 bits per heavy atom. The Balaban J connectivity index is 2.52. The van der Waals surface area contributed by atoms with Crippen LogP contribution in [0.3, 0.4) is 0 Å². The summed E-state index contributed by atoms with van der Waals surface area (Å²) in [5.41, 5.74) is 4.50. The van der Waals surface area contributed by atoms with Gasteiger partial charge in [-0.05, 0) is 12.8 Å². The number of halogens is 2. The minimum Gasteiger partial charge on any atom is -0.370 e. The topological polar surface area (TPSA) is 60.2 Å². The van der Waals surface area contributed by atoms with Gasteiger partial charge >= 0.3 is 0 Å². The van der Waals surface area contributed by atoms with Crippen LogP contribution >= 0.6 is 31.9 Å². The lowest BCUT2D eigenvalue weighted by molar-refractivity contribution is -0.133. The first-order valence-corrected chi connectivity index (χ1v) is 7.05. The molecule has 90 valence electrons. The van der Waals surface area contributed by atoms with E-state index < -0.39 is 9.74 Å². The van der Waals surface area contributed by atoms with Crippen molar-refractivity contribution in [1.29, 1.82) is 0 Å². The zero-order chi connectivity index (χ0) is 12.4. The van der Waals surface area contributed by atoms with E-state index in [2.05, 4.69) is 31.9 Å². The summed E-state index contributed by atoms with van der Waals surface area (Å²) < 4.78 is -0.508. The number of carbonyl (C=O) groups is 2. The Kier molecular flexibility index (Phi) is 2.60. The molecule has 0 spiro atoms. The molecule has 2 fully saturated rings. The first-order valence-electron chi connectivity index (χ1n) is 5.35. The molecule has 2 bridgehead atoms. The van der Waals surface area contributed by atoms with Crippen LogP contribution in [0.4, 0.5) is 0 Å². The summed E-state index contributed by atoms with van der Waals surface area (Å²) >= 11 is 7.18. The SMILES string of the molecule is CC1(C)C(=O)[C@]2(Br)CC[C@]1(CC(N)=O)[C@H]2Br. The molecule has 2 N–H and O–H groups in total. The van der Waals surface area contributed by atoms with Crippen LogP contribution in [0.1, 0.15) is 33.1 Å². The largest absolute Gasteiger partial charge is 0.370 e. The summed E-state index contributed by atoms with van der Waals surface area (Å²) in [6, 6.07) is 0. The van der Waals surface area contributed by atoms with Gasteiger partial charge in [0, 0.05) is 22.1 Å². The lowest BCUT2D eigenvalue weighted by Gasteiger charge is -2.41. The fourth-order valence-corrected chi connectivity index (χ4v) is 5.94. The molecule has 0 aliphatic heterocycles. The summed E-state index contributed by atoms with van der Waals surface area (Å²) in [5.74, 6) is -0.140.